The Hall–Kier alpha value is -3.51. The maximum Gasteiger partial charge on any atom is 0.411 e. The molecule has 3 nitrogen and oxygen atoms in total. The van der Waals surface area contributed by atoms with Gasteiger partial charge in [-0.2, -0.15) is 0 Å². The van der Waals surface area contributed by atoms with Crippen molar-refractivity contribution >= 4 is 11.8 Å². The number of amides is 1. The Labute approximate surface area is 159 Å². The van der Waals surface area contributed by atoms with E-state index in [1.807, 2.05) is 43.3 Å². The van der Waals surface area contributed by atoms with Gasteiger partial charge in [-0.15, -0.1) is 6.42 Å². The van der Waals surface area contributed by atoms with E-state index in [0.717, 1.165) is 11.1 Å². The summed E-state index contributed by atoms with van der Waals surface area (Å²) in [5.74, 6) is 2.62. The number of hydrogen-bond acceptors (Lipinski definition) is 2. The van der Waals surface area contributed by atoms with Crippen molar-refractivity contribution in [3.8, 4) is 23.5 Å². The number of terminal acetylenes is 1. The van der Waals surface area contributed by atoms with E-state index in [4.69, 9.17) is 11.2 Å². The number of aryl methyl sites for hydroxylation is 1. The van der Waals surface area contributed by atoms with Crippen LogP contribution >= 0.6 is 0 Å². The molecule has 1 aliphatic carbocycles. The first-order chi connectivity index (χ1) is 13.2. The van der Waals surface area contributed by atoms with Gasteiger partial charge in [0.25, 0.3) is 0 Å². The Balaban J connectivity index is 1.51. The molecular weight excluding hydrogens is 334 g/mol. The number of carbonyl (C=O) groups is 1. The van der Waals surface area contributed by atoms with Crippen molar-refractivity contribution in [2.75, 3.05) is 11.9 Å². The Morgan fingerprint density at radius 3 is 2.30 bits per heavy atom. The first-order valence-electron chi connectivity index (χ1n) is 8.86. The Kier molecular flexibility index (Phi) is 4.40. The van der Waals surface area contributed by atoms with Crippen LogP contribution in [0.5, 0.6) is 0 Å². The van der Waals surface area contributed by atoms with Crippen LogP contribution in [0.15, 0.2) is 66.7 Å². The van der Waals surface area contributed by atoms with Crippen LogP contribution in [-0.4, -0.2) is 12.7 Å². The normalized spacial score (nSPS) is 12.0. The van der Waals surface area contributed by atoms with E-state index in [-0.39, 0.29) is 12.5 Å². The number of benzene rings is 3. The van der Waals surface area contributed by atoms with Crippen molar-refractivity contribution in [1.29, 1.82) is 0 Å². The van der Waals surface area contributed by atoms with Gasteiger partial charge < -0.3 is 4.74 Å². The lowest BCUT2D eigenvalue weighted by Gasteiger charge is -2.15. The number of hydrogen-bond donors (Lipinski definition) is 1. The van der Waals surface area contributed by atoms with Crippen LogP contribution in [0.4, 0.5) is 10.5 Å². The molecule has 0 atom stereocenters. The summed E-state index contributed by atoms with van der Waals surface area (Å²) in [6, 6.07) is 22.0. The molecule has 0 aromatic heterocycles. The highest BCUT2D eigenvalue weighted by atomic mass is 16.5. The second kappa shape index (κ2) is 7.01. The third kappa shape index (κ3) is 3.18. The number of fused-ring (bicyclic) bond motifs is 3. The molecule has 1 N–H and O–H groups in total. The summed E-state index contributed by atoms with van der Waals surface area (Å²) in [7, 11) is 0. The number of nitrogens with one attached hydrogen (secondary N) is 1. The quantitative estimate of drug-likeness (QED) is 0.646. The van der Waals surface area contributed by atoms with Gasteiger partial charge in [0, 0.05) is 17.2 Å². The standard InChI is InChI=1S/C24H19NO2/c1-3-17-13-12-16(2)23(14-17)25-24(26)27-15-22-20-10-6-4-8-18(20)19-9-5-7-11-21(19)22/h1,4-14,22H,15H2,2H3,(H,25,26). The van der Waals surface area contributed by atoms with Crippen LogP contribution in [0.1, 0.15) is 28.2 Å². The summed E-state index contributed by atoms with van der Waals surface area (Å²) in [5, 5.41) is 2.80. The van der Waals surface area contributed by atoms with Crippen molar-refractivity contribution in [3.05, 3.63) is 89.0 Å². The SMILES string of the molecule is C#Cc1ccc(C)c(NC(=O)OCC2c3ccccc3-c3ccccc32)c1. The third-order valence-electron chi connectivity index (χ3n) is 4.98. The van der Waals surface area contributed by atoms with Crippen LogP contribution in [0.2, 0.25) is 0 Å². The van der Waals surface area contributed by atoms with E-state index >= 15 is 0 Å². The highest BCUT2D eigenvalue weighted by Crippen LogP contribution is 2.44. The molecule has 0 radical (unpaired) electrons. The molecule has 0 spiro atoms. The first-order valence-corrected chi connectivity index (χ1v) is 8.86. The van der Waals surface area contributed by atoms with Gasteiger partial charge in [-0.3, -0.25) is 5.32 Å². The molecule has 1 amide bonds. The molecule has 0 aliphatic heterocycles. The van der Waals surface area contributed by atoms with E-state index in [9.17, 15) is 4.79 Å². The lowest BCUT2D eigenvalue weighted by molar-refractivity contribution is 0.158. The summed E-state index contributed by atoms with van der Waals surface area (Å²) in [6.07, 6.45) is 4.96. The van der Waals surface area contributed by atoms with Crippen LogP contribution in [0, 0.1) is 19.3 Å². The van der Waals surface area contributed by atoms with Gasteiger partial charge in [0.2, 0.25) is 0 Å². The molecule has 27 heavy (non-hydrogen) atoms. The van der Waals surface area contributed by atoms with Crippen LogP contribution in [0.25, 0.3) is 11.1 Å². The number of ether oxygens (including phenoxy) is 1. The number of rotatable bonds is 3. The molecule has 3 aromatic carbocycles. The minimum atomic E-state index is -0.478. The number of anilines is 1. The fourth-order valence-corrected chi connectivity index (χ4v) is 3.59. The molecule has 132 valence electrons. The Morgan fingerprint density at radius 1 is 1.04 bits per heavy atom. The summed E-state index contributed by atoms with van der Waals surface area (Å²) in [5.41, 5.74) is 7.12. The van der Waals surface area contributed by atoms with Gasteiger partial charge in [-0.25, -0.2) is 4.79 Å². The zero-order chi connectivity index (χ0) is 18.8. The molecule has 0 saturated heterocycles. The van der Waals surface area contributed by atoms with Crippen molar-refractivity contribution in [1.82, 2.24) is 0 Å². The van der Waals surface area contributed by atoms with Crippen LogP contribution < -0.4 is 5.32 Å². The molecule has 0 saturated carbocycles. The monoisotopic (exact) mass is 353 g/mol. The molecular formula is C24H19NO2. The topological polar surface area (TPSA) is 38.3 Å². The molecule has 0 heterocycles. The van der Waals surface area contributed by atoms with E-state index in [2.05, 4.69) is 35.5 Å². The van der Waals surface area contributed by atoms with E-state index < -0.39 is 6.09 Å². The first kappa shape index (κ1) is 16.9. The summed E-state index contributed by atoms with van der Waals surface area (Å²) >= 11 is 0. The smallest absolute Gasteiger partial charge is 0.411 e. The van der Waals surface area contributed by atoms with Crippen LogP contribution in [-0.2, 0) is 4.74 Å². The second-order valence-corrected chi connectivity index (χ2v) is 6.62. The Morgan fingerprint density at radius 2 is 1.67 bits per heavy atom. The molecule has 4 rings (SSSR count). The zero-order valence-corrected chi connectivity index (χ0v) is 15.0. The van der Waals surface area contributed by atoms with E-state index in [1.54, 1.807) is 6.07 Å². The van der Waals surface area contributed by atoms with Gasteiger partial charge >= 0.3 is 6.09 Å². The number of carbonyl (C=O) groups excluding carboxylic acids is 1. The van der Waals surface area contributed by atoms with Gasteiger partial charge in [-0.1, -0.05) is 60.5 Å². The largest absolute Gasteiger partial charge is 0.448 e. The lowest BCUT2D eigenvalue weighted by atomic mass is 9.98. The fraction of sp³-hybridized carbons (Fsp3) is 0.125. The summed E-state index contributed by atoms with van der Waals surface area (Å²) in [4.78, 5) is 12.4. The fourth-order valence-electron chi connectivity index (χ4n) is 3.59. The maximum absolute atomic E-state index is 12.4. The minimum Gasteiger partial charge on any atom is -0.448 e. The molecule has 1 aliphatic rings. The van der Waals surface area contributed by atoms with Crippen molar-refractivity contribution in [3.63, 3.8) is 0 Å². The highest BCUT2D eigenvalue weighted by Gasteiger charge is 2.29. The highest BCUT2D eigenvalue weighted by molar-refractivity contribution is 5.86. The van der Waals surface area contributed by atoms with Crippen LogP contribution in [0.3, 0.4) is 0 Å². The summed E-state index contributed by atoms with van der Waals surface area (Å²) in [6.45, 7) is 2.20. The predicted molar refractivity (Wildman–Crippen MR) is 108 cm³/mol. The van der Waals surface area contributed by atoms with E-state index in [1.165, 1.54) is 22.3 Å². The lowest BCUT2D eigenvalue weighted by Crippen LogP contribution is -2.18. The average molecular weight is 353 g/mol. The molecule has 3 aromatic rings. The van der Waals surface area contributed by atoms with Gasteiger partial charge in [0.1, 0.15) is 6.61 Å². The maximum atomic E-state index is 12.4. The van der Waals surface area contributed by atoms with Gasteiger partial charge in [-0.05, 0) is 46.9 Å². The third-order valence-corrected chi connectivity index (χ3v) is 4.98. The second-order valence-electron chi connectivity index (χ2n) is 6.62. The van der Waals surface area contributed by atoms with Crippen molar-refractivity contribution in [2.24, 2.45) is 0 Å². The molecule has 0 unspecified atom stereocenters. The van der Waals surface area contributed by atoms with Gasteiger partial charge in [0.15, 0.2) is 0 Å². The van der Waals surface area contributed by atoms with Crippen molar-refractivity contribution in [2.45, 2.75) is 12.8 Å². The Bertz CT molecular complexity index is 1020. The zero-order valence-electron chi connectivity index (χ0n) is 15.0. The van der Waals surface area contributed by atoms with Gasteiger partial charge in [0.05, 0.1) is 0 Å². The molecule has 0 fully saturated rings. The molecule has 0 bridgehead atoms. The van der Waals surface area contributed by atoms with E-state index in [0.29, 0.717) is 5.69 Å². The molecule has 3 heteroatoms. The summed E-state index contributed by atoms with van der Waals surface area (Å²) < 4.78 is 5.57. The predicted octanol–water partition coefficient (Wildman–Crippen LogP) is 5.34. The average Bonchev–Trinajstić information content (AvgIpc) is 3.02. The minimum absolute atomic E-state index is 0.0429. The van der Waals surface area contributed by atoms with Crippen molar-refractivity contribution < 1.29 is 9.53 Å².